The second-order valence-corrected chi connectivity index (χ2v) is 6.67. The number of halogens is 1. The van der Waals surface area contributed by atoms with E-state index in [9.17, 15) is 4.79 Å². The van der Waals surface area contributed by atoms with Crippen molar-refractivity contribution in [2.24, 2.45) is 0 Å². The molecule has 4 nitrogen and oxygen atoms in total. The third-order valence-corrected chi connectivity index (χ3v) is 4.69. The average molecular weight is 335 g/mol. The van der Waals surface area contributed by atoms with E-state index in [0.717, 1.165) is 48.3 Å². The molecule has 0 unspecified atom stereocenters. The van der Waals surface area contributed by atoms with Gasteiger partial charge in [-0.25, -0.2) is 0 Å². The van der Waals surface area contributed by atoms with E-state index in [2.05, 4.69) is 23.4 Å². The maximum absolute atomic E-state index is 12.2. The number of carbonyl (C=O) groups excluding carboxylic acids is 1. The van der Waals surface area contributed by atoms with Crippen LogP contribution in [0.4, 0.5) is 0 Å². The van der Waals surface area contributed by atoms with Gasteiger partial charge in [-0.3, -0.25) is 4.79 Å². The summed E-state index contributed by atoms with van der Waals surface area (Å²) in [6.07, 6.45) is 2.89. The van der Waals surface area contributed by atoms with Gasteiger partial charge in [0.15, 0.2) is 0 Å². The Kier molecular flexibility index (Phi) is 4.93. The Morgan fingerprint density at radius 1 is 1.39 bits per heavy atom. The van der Waals surface area contributed by atoms with Gasteiger partial charge in [0, 0.05) is 41.1 Å². The van der Waals surface area contributed by atoms with E-state index in [0.29, 0.717) is 6.61 Å². The number of aromatic nitrogens is 1. The van der Waals surface area contributed by atoms with Crippen molar-refractivity contribution in [3.05, 3.63) is 34.5 Å². The molecule has 3 rings (SSSR count). The molecule has 5 heteroatoms. The molecular weight excluding hydrogens is 312 g/mol. The fourth-order valence-electron chi connectivity index (χ4n) is 3.24. The van der Waals surface area contributed by atoms with E-state index in [4.69, 9.17) is 16.3 Å². The van der Waals surface area contributed by atoms with E-state index in [1.807, 2.05) is 18.2 Å². The number of unbranched alkanes of at least 4 members (excludes halogenated alkanes) is 1. The Morgan fingerprint density at radius 2 is 2.22 bits per heavy atom. The van der Waals surface area contributed by atoms with Crippen LogP contribution in [0.5, 0.6) is 0 Å². The molecule has 0 aliphatic carbocycles. The number of ether oxygens (including phenoxy) is 1. The third kappa shape index (κ3) is 3.38. The fraction of sp³-hybridized carbons (Fsp3) is 0.500. The molecule has 2 heterocycles. The zero-order chi connectivity index (χ0) is 16.4. The molecule has 0 saturated heterocycles. The molecule has 1 aromatic heterocycles. The number of benzene rings is 1. The first-order valence-corrected chi connectivity index (χ1v) is 8.61. The lowest BCUT2D eigenvalue weighted by molar-refractivity contribution is -0.144. The van der Waals surface area contributed by atoms with E-state index in [-0.39, 0.29) is 12.5 Å². The summed E-state index contributed by atoms with van der Waals surface area (Å²) in [6, 6.07) is 5.90. The molecule has 23 heavy (non-hydrogen) atoms. The second kappa shape index (κ2) is 6.93. The average Bonchev–Trinajstić information content (AvgIpc) is 2.80. The lowest BCUT2D eigenvalue weighted by Gasteiger charge is -2.24. The Balaban J connectivity index is 1.94. The quantitative estimate of drug-likeness (QED) is 0.618. The molecule has 0 bridgehead atoms. The lowest BCUT2D eigenvalue weighted by atomic mass is 10.1. The van der Waals surface area contributed by atoms with Gasteiger partial charge in [0.2, 0.25) is 0 Å². The van der Waals surface area contributed by atoms with Crippen LogP contribution in [0.2, 0.25) is 5.02 Å². The van der Waals surface area contributed by atoms with Gasteiger partial charge in [-0.1, -0.05) is 24.9 Å². The van der Waals surface area contributed by atoms with Crippen molar-refractivity contribution in [2.75, 3.05) is 20.2 Å². The summed E-state index contributed by atoms with van der Waals surface area (Å²) in [4.78, 5) is 14.5. The minimum absolute atomic E-state index is 0.160. The van der Waals surface area contributed by atoms with Crippen molar-refractivity contribution >= 4 is 28.5 Å². The highest BCUT2D eigenvalue weighted by atomic mass is 35.5. The van der Waals surface area contributed by atoms with E-state index in [1.165, 1.54) is 11.3 Å². The number of rotatable bonds is 5. The second-order valence-electron chi connectivity index (χ2n) is 6.23. The first-order chi connectivity index (χ1) is 11.1. The summed E-state index contributed by atoms with van der Waals surface area (Å²) in [7, 11) is 2.12. The van der Waals surface area contributed by atoms with Gasteiger partial charge in [0.25, 0.3) is 0 Å². The minimum Gasteiger partial charge on any atom is -0.464 e. The van der Waals surface area contributed by atoms with Crippen LogP contribution in [0, 0.1) is 0 Å². The SMILES string of the molecule is CCCCOC(=O)Cn1c2c(c3cc(Cl)ccc31)CN(C)CC2. The highest BCUT2D eigenvalue weighted by Crippen LogP contribution is 2.32. The van der Waals surface area contributed by atoms with Crippen LogP contribution < -0.4 is 0 Å². The van der Waals surface area contributed by atoms with Gasteiger partial charge in [0.05, 0.1) is 6.61 Å². The van der Waals surface area contributed by atoms with E-state index in [1.54, 1.807) is 0 Å². The fourth-order valence-corrected chi connectivity index (χ4v) is 3.41. The van der Waals surface area contributed by atoms with Gasteiger partial charge >= 0.3 is 5.97 Å². The molecule has 1 aliphatic heterocycles. The number of hydrogen-bond acceptors (Lipinski definition) is 3. The number of carbonyl (C=O) groups is 1. The smallest absolute Gasteiger partial charge is 0.325 e. The number of likely N-dealkylation sites (N-methyl/N-ethyl adjacent to an activating group) is 1. The summed E-state index contributed by atoms with van der Waals surface area (Å²) < 4.78 is 7.46. The van der Waals surface area contributed by atoms with Gasteiger partial charge in [-0.15, -0.1) is 0 Å². The van der Waals surface area contributed by atoms with Crippen molar-refractivity contribution in [1.29, 1.82) is 0 Å². The summed E-state index contributed by atoms with van der Waals surface area (Å²) in [6.45, 7) is 4.77. The van der Waals surface area contributed by atoms with Crippen molar-refractivity contribution < 1.29 is 9.53 Å². The van der Waals surface area contributed by atoms with Crippen molar-refractivity contribution in [3.8, 4) is 0 Å². The largest absolute Gasteiger partial charge is 0.464 e. The molecular formula is C18H23ClN2O2. The van der Waals surface area contributed by atoms with E-state index < -0.39 is 0 Å². The Bertz CT molecular complexity index is 723. The molecule has 0 saturated carbocycles. The molecule has 0 atom stereocenters. The number of fused-ring (bicyclic) bond motifs is 3. The van der Waals surface area contributed by atoms with Crippen LogP contribution in [0.15, 0.2) is 18.2 Å². The Hall–Kier alpha value is -1.52. The molecule has 2 aromatic rings. The summed E-state index contributed by atoms with van der Waals surface area (Å²) in [5.74, 6) is -0.160. The van der Waals surface area contributed by atoms with Crippen LogP contribution in [-0.2, 0) is 29.0 Å². The third-order valence-electron chi connectivity index (χ3n) is 4.46. The monoisotopic (exact) mass is 334 g/mol. The zero-order valence-corrected chi connectivity index (χ0v) is 14.5. The van der Waals surface area contributed by atoms with Crippen LogP contribution in [0.25, 0.3) is 10.9 Å². The molecule has 124 valence electrons. The molecule has 0 amide bonds. The van der Waals surface area contributed by atoms with Gasteiger partial charge in [-0.2, -0.15) is 0 Å². The van der Waals surface area contributed by atoms with Crippen LogP contribution in [-0.4, -0.2) is 35.6 Å². The maximum Gasteiger partial charge on any atom is 0.325 e. The summed E-state index contributed by atoms with van der Waals surface area (Å²) >= 11 is 6.18. The molecule has 0 N–H and O–H groups in total. The Labute approximate surface area is 142 Å². The minimum atomic E-state index is -0.160. The van der Waals surface area contributed by atoms with Crippen molar-refractivity contribution in [3.63, 3.8) is 0 Å². The van der Waals surface area contributed by atoms with Gasteiger partial charge in [-0.05, 0) is 37.2 Å². The molecule has 0 radical (unpaired) electrons. The molecule has 0 fully saturated rings. The summed E-state index contributed by atoms with van der Waals surface area (Å²) in [5, 5.41) is 1.89. The van der Waals surface area contributed by atoms with Crippen LogP contribution in [0.3, 0.4) is 0 Å². The topological polar surface area (TPSA) is 34.5 Å². The number of hydrogen-bond donors (Lipinski definition) is 0. The predicted molar refractivity (Wildman–Crippen MR) is 92.9 cm³/mol. The Morgan fingerprint density at radius 3 is 3.00 bits per heavy atom. The van der Waals surface area contributed by atoms with Crippen LogP contribution in [0.1, 0.15) is 31.0 Å². The molecule has 1 aliphatic rings. The van der Waals surface area contributed by atoms with Crippen molar-refractivity contribution in [1.82, 2.24) is 9.47 Å². The number of esters is 1. The van der Waals surface area contributed by atoms with Crippen molar-refractivity contribution in [2.45, 2.75) is 39.3 Å². The molecule has 1 aromatic carbocycles. The zero-order valence-electron chi connectivity index (χ0n) is 13.8. The van der Waals surface area contributed by atoms with Crippen LogP contribution >= 0.6 is 11.6 Å². The first kappa shape index (κ1) is 16.3. The number of nitrogens with zero attached hydrogens (tertiary/aromatic N) is 2. The van der Waals surface area contributed by atoms with E-state index >= 15 is 0 Å². The highest BCUT2D eigenvalue weighted by molar-refractivity contribution is 6.31. The van der Waals surface area contributed by atoms with Gasteiger partial charge < -0.3 is 14.2 Å². The first-order valence-electron chi connectivity index (χ1n) is 8.23. The predicted octanol–water partition coefficient (Wildman–Crippen LogP) is 3.63. The highest BCUT2D eigenvalue weighted by Gasteiger charge is 2.23. The summed E-state index contributed by atoms with van der Waals surface area (Å²) in [5.41, 5.74) is 3.60. The normalized spacial score (nSPS) is 14.9. The lowest BCUT2D eigenvalue weighted by Crippen LogP contribution is -2.28. The standard InChI is InChI=1S/C18H23ClN2O2/c1-3-4-9-23-18(22)12-21-16-6-5-13(19)10-14(16)15-11-20(2)8-7-17(15)21/h5-6,10H,3-4,7-9,11-12H2,1-2H3. The van der Waals surface area contributed by atoms with Gasteiger partial charge in [0.1, 0.15) is 6.54 Å². The maximum atomic E-state index is 12.2. The molecule has 0 spiro atoms.